The lowest BCUT2D eigenvalue weighted by atomic mass is 9.94. The third-order valence-electron chi connectivity index (χ3n) is 6.31. The molecule has 1 fully saturated rings. The molecule has 9 heteroatoms. The second-order valence-corrected chi connectivity index (χ2v) is 11.7. The number of halogens is 1. The average Bonchev–Trinajstić information content (AvgIpc) is 2.80. The zero-order chi connectivity index (χ0) is 25.6. The lowest BCUT2D eigenvalue weighted by molar-refractivity contribution is -0.138. The number of ether oxygens (including phenoxy) is 1. The smallest absolute Gasteiger partial charge is 0.304 e. The summed E-state index contributed by atoms with van der Waals surface area (Å²) in [7, 11) is -2.49. The second-order valence-electron chi connectivity index (χ2n) is 9.31. The molecule has 1 unspecified atom stereocenters. The highest BCUT2D eigenvalue weighted by molar-refractivity contribution is 8.24. The van der Waals surface area contributed by atoms with Crippen LogP contribution < -0.4 is 10.2 Å². The Morgan fingerprint density at radius 1 is 1.17 bits per heavy atom. The summed E-state index contributed by atoms with van der Waals surface area (Å²) in [6.45, 7) is 6.90. The quantitative estimate of drug-likeness (QED) is 0.283. The molecule has 1 saturated heterocycles. The molecule has 1 atom stereocenters. The Morgan fingerprint density at radius 3 is 2.40 bits per heavy atom. The molecule has 2 aromatic rings. The van der Waals surface area contributed by atoms with Crippen molar-refractivity contribution in [2.24, 2.45) is 0 Å². The average molecular weight is 509 g/mol. The van der Waals surface area contributed by atoms with Gasteiger partial charge in [0.05, 0.1) is 30.5 Å². The van der Waals surface area contributed by atoms with Gasteiger partial charge in [0.25, 0.3) is 0 Å². The number of carboxylic acids is 1. The van der Waals surface area contributed by atoms with Crippen LogP contribution in [0.2, 0.25) is 0 Å². The van der Waals surface area contributed by atoms with Gasteiger partial charge in [-0.1, -0.05) is 6.07 Å². The van der Waals surface area contributed by atoms with Crippen LogP contribution in [0, 0.1) is 5.82 Å². The highest BCUT2D eigenvalue weighted by atomic mass is 32.3. The number of carbonyl (C=O) groups is 1. The van der Waals surface area contributed by atoms with Gasteiger partial charge in [-0.2, -0.15) is 10.6 Å². The fourth-order valence-electron chi connectivity index (χ4n) is 4.47. The Bertz CT molecular complexity index is 976. The largest absolute Gasteiger partial charge is 0.481 e. The maximum absolute atomic E-state index is 13.5. The molecule has 3 rings (SSSR count). The van der Waals surface area contributed by atoms with Crippen LogP contribution in [0.25, 0.3) is 0 Å². The van der Waals surface area contributed by atoms with Gasteiger partial charge < -0.3 is 20.1 Å². The van der Waals surface area contributed by atoms with E-state index in [1.807, 2.05) is 32.0 Å². The van der Waals surface area contributed by atoms with Crippen molar-refractivity contribution in [3.8, 4) is 0 Å². The Balaban J connectivity index is 1.98. The molecule has 1 aliphatic rings. The Hall–Kier alpha value is -2.33. The summed E-state index contributed by atoms with van der Waals surface area (Å²) in [5.74, 6) is -0.764. The first-order valence-corrected chi connectivity index (χ1v) is 14.0. The first-order chi connectivity index (χ1) is 16.6. The number of aliphatic carboxylic acids is 1. The van der Waals surface area contributed by atoms with Crippen molar-refractivity contribution in [3.05, 3.63) is 53.8 Å². The molecular formula is C26H37FN2O5S. The van der Waals surface area contributed by atoms with Gasteiger partial charge in [-0.05, 0) is 75.6 Å². The minimum Gasteiger partial charge on any atom is -0.481 e. The first kappa shape index (κ1) is 27.3. The van der Waals surface area contributed by atoms with Gasteiger partial charge in [-0.3, -0.25) is 13.9 Å². The number of carboxylic acid groups (broad SMARTS) is 1. The molecule has 2 aromatic carbocycles. The topological polar surface area (TPSA) is 102 Å². The van der Waals surface area contributed by atoms with Crippen molar-refractivity contribution in [1.82, 2.24) is 0 Å². The standard InChI is InChI=1S/C26H37FN2O5S/c1-4-29(23-11-13-35(32,33)14-12-23)25-10-5-19(20(16-26(30)31)17-34-18(2)3)15-24(25)28-22-8-6-21(27)7-9-22/h5-10,15,18,20,23,28,32-33H,4,11-14,16-17H2,1-3H3,(H,30,31). The minimum atomic E-state index is -2.49. The molecular weight excluding hydrogens is 471 g/mol. The molecule has 0 spiro atoms. The van der Waals surface area contributed by atoms with Crippen LogP contribution in [0.15, 0.2) is 42.5 Å². The van der Waals surface area contributed by atoms with Crippen molar-refractivity contribution in [3.63, 3.8) is 0 Å². The van der Waals surface area contributed by atoms with E-state index >= 15 is 0 Å². The van der Waals surface area contributed by atoms with E-state index in [0.29, 0.717) is 30.0 Å². The van der Waals surface area contributed by atoms with Gasteiger partial charge in [-0.25, -0.2) is 4.39 Å². The summed E-state index contributed by atoms with van der Waals surface area (Å²) in [4.78, 5) is 13.8. The maximum atomic E-state index is 13.5. The molecule has 0 aliphatic carbocycles. The number of benzene rings is 2. The summed E-state index contributed by atoms with van der Waals surface area (Å²) in [6.07, 6.45) is 1.28. The fourth-order valence-corrected chi connectivity index (χ4v) is 5.98. The van der Waals surface area contributed by atoms with Crippen LogP contribution >= 0.6 is 10.6 Å². The predicted molar refractivity (Wildman–Crippen MR) is 141 cm³/mol. The van der Waals surface area contributed by atoms with Crippen LogP contribution in [0.5, 0.6) is 0 Å². The van der Waals surface area contributed by atoms with Gasteiger partial charge >= 0.3 is 5.97 Å². The molecule has 0 aromatic heterocycles. The van der Waals surface area contributed by atoms with E-state index < -0.39 is 16.6 Å². The van der Waals surface area contributed by atoms with Crippen LogP contribution in [0.3, 0.4) is 0 Å². The molecule has 194 valence electrons. The van der Waals surface area contributed by atoms with E-state index in [0.717, 1.165) is 23.5 Å². The van der Waals surface area contributed by atoms with Crippen LogP contribution in [0.4, 0.5) is 21.5 Å². The molecule has 4 N–H and O–H groups in total. The number of anilines is 3. The number of hydrogen-bond donors (Lipinski definition) is 4. The van der Waals surface area contributed by atoms with Crippen LogP contribution in [0.1, 0.15) is 51.5 Å². The lowest BCUT2D eigenvalue weighted by Gasteiger charge is -2.44. The Labute approximate surface area is 208 Å². The molecule has 0 bridgehead atoms. The summed E-state index contributed by atoms with van der Waals surface area (Å²) in [6, 6.07) is 12.1. The molecule has 0 radical (unpaired) electrons. The van der Waals surface area contributed by atoms with Crippen LogP contribution in [-0.4, -0.2) is 57.0 Å². The number of nitrogens with one attached hydrogen (secondary N) is 1. The Kier molecular flexibility index (Phi) is 9.40. The van der Waals surface area contributed by atoms with Crippen molar-refractivity contribution in [1.29, 1.82) is 0 Å². The summed E-state index contributed by atoms with van der Waals surface area (Å²) in [5.41, 5.74) is 3.28. The van der Waals surface area contributed by atoms with E-state index in [4.69, 9.17) is 4.74 Å². The van der Waals surface area contributed by atoms with Crippen molar-refractivity contribution < 1.29 is 28.1 Å². The molecule has 1 heterocycles. The monoisotopic (exact) mass is 508 g/mol. The van der Waals surface area contributed by atoms with Crippen molar-refractivity contribution in [2.75, 3.05) is 34.9 Å². The first-order valence-electron chi connectivity index (χ1n) is 12.1. The van der Waals surface area contributed by atoms with Crippen molar-refractivity contribution in [2.45, 2.75) is 58.1 Å². The number of rotatable bonds is 11. The summed E-state index contributed by atoms with van der Waals surface area (Å²) in [5, 5.41) is 12.9. The molecule has 35 heavy (non-hydrogen) atoms. The SMILES string of the molecule is CCN(c1ccc(C(COC(C)C)CC(=O)O)cc1Nc1ccc(F)cc1)C1CCS(O)(O)CC1. The minimum absolute atomic E-state index is 0.0171. The van der Waals surface area contributed by atoms with Crippen LogP contribution in [-0.2, 0) is 9.53 Å². The molecule has 1 aliphatic heterocycles. The Morgan fingerprint density at radius 2 is 1.83 bits per heavy atom. The molecule has 0 saturated carbocycles. The number of nitrogens with zero attached hydrogens (tertiary/aromatic N) is 1. The van der Waals surface area contributed by atoms with Crippen molar-refractivity contribution >= 4 is 33.6 Å². The predicted octanol–water partition coefficient (Wildman–Crippen LogP) is 6.29. The third kappa shape index (κ3) is 7.83. The maximum Gasteiger partial charge on any atom is 0.304 e. The highest BCUT2D eigenvalue weighted by Crippen LogP contribution is 2.46. The molecule has 7 nitrogen and oxygen atoms in total. The second kappa shape index (κ2) is 12.1. The summed E-state index contributed by atoms with van der Waals surface area (Å²) >= 11 is 0. The van der Waals surface area contributed by atoms with E-state index in [2.05, 4.69) is 17.1 Å². The van der Waals surface area contributed by atoms with Gasteiger partial charge in [-0.15, -0.1) is 0 Å². The zero-order valence-electron chi connectivity index (χ0n) is 20.6. The molecule has 0 amide bonds. The third-order valence-corrected chi connectivity index (χ3v) is 8.09. The fraction of sp³-hybridized carbons (Fsp3) is 0.500. The van der Waals surface area contributed by atoms with E-state index in [9.17, 15) is 23.4 Å². The van der Waals surface area contributed by atoms with E-state index in [1.54, 1.807) is 12.1 Å². The van der Waals surface area contributed by atoms with Gasteiger partial charge in [0.15, 0.2) is 0 Å². The van der Waals surface area contributed by atoms with Gasteiger partial charge in [0.2, 0.25) is 0 Å². The summed E-state index contributed by atoms with van der Waals surface area (Å²) < 4.78 is 39.4. The number of hydrogen-bond acceptors (Lipinski definition) is 6. The van der Waals surface area contributed by atoms with E-state index in [1.165, 1.54) is 12.1 Å². The lowest BCUT2D eigenvalue weighted by Crippen LogP contribution is -2.40. The normalized spacial score (nSPS) is 17.7. The zero-order valence-corrected chi connectivity index (χ0v) is 21.4. The highest BCUT2D eigenvalue weighted by Gasteiger charge is 2.29. The van der Waals surface area contributed by atoms with E-state index in [-0.39, 0.29) is 36.9 Å². The van der Waals surface area contributed by atoms with Gasteiger partial charge in [0.1, 0.15) is 5.82 Å². The van der Waals surface area contributed by atoms with Gasteiger partial charge in [0, 0.05) is 35.7 Å².